The van der Waals surface area contributed by atoms with E-state index in [-0.39, 0.29) is 36.0 Å². The highest BCUT2D eigenvalue weighted by atomic mass is 19.4. The third kappa shape index (κ3) is 4.40. The molecule has 0 unspecified atom stereocenters. The van der Waals surface area contributed by atoms with Crippen molar-refractivity contribution in [2.45, 2.75) is 12.6 Å². The number of hydrogen-bond donors (Lipinski definition) is 1. The molecule has 0 spiro atoms. The fourth-order valence-corrected chi connectivity index (χ4v) is 2.45. The van der Waals surface area contributed by atoms with Crippen LogP contribution in [0.15, 0.2) is 36.7 Å². The summed E-state index contributed by atoms with van der Waals surface area (Å²) < 4.78 is 45.6. The first-order valence-electron chi connectivity index (χ1n) is 8.01. The molecular weight excluding hydrogens is 363 g/mol. The normalized spacial score (nSPS) is 11.7. The molecule has 0 saturated heterocycles. The average molecular weight is 379 g/mol. The number of nitrogens with zero attached hydrogens (tertiary/aromatic N) is 4. The van der Waals surface area contributed by atoms with Gasteiger partial charge in [-0.05, 0) is 24.3 Å². The van der Waals surface area contributed by atoms with Crippen molar-refractivity contribution in [3.05, 3.63) is 53.6 Å². The van der Waals surface area contributed by atoms with Gasteiger partial charge in [-0.15, -0.1) is 5.10 Å². The van der Waals surface area contributed by atoms with Gasteiger partial charge >= 0.3 is 6.18 Å². The second-order valence-corrected chi connectivity index (χ2v) is 5.69. The lowest BCUT2D eigenvalue weighted by molar-refractivity contribution is -0.137. The summed E-state index contributed by atoms with van der Waals surface area (Å²) in [7, 11) is 1.49. The second-order valence-electron chi connectivity index (χ2n) is 5.69. The van der Waals surface area contributed by atoms with E-state index in [0.717, 1.165) is 12.1 Å². The maximum absolute atomic E-state index is 13.2. The van der Waals surface area contributed by atoms with Gasteiger partial charge in [0.2, 0.25) is 0 Å². The van der Waals surface area contributed by atoms with E-state index in [1.54, 1.807) is 12.1 Å². The van der Waals surface area contributed by atoms with Crippen LogP contribution in [-0.2, 0) is 17.3 Å². The number of carbonyl (C=O) groups is 1. The van der Waals surface area contributed by atoms with Crippen molar-refractivity contribution in [1.82, 2.24) is 19.6 Å². The quantitative estimate of drug-likeness (QED) is 0.502. The summed E-state index contributed by atoms with van der Waals surface area (Å²) in [5, 5.41) is 7.01. The number of ketones is 1. The molecule has 0 saturated carbocycles. The summed E-state index contributed by atoms with van der Waals surface area (Å²) >= 11 is 0. The zero-order valence-electron chi connectivity index (χ0n) is 14.3. The largest absolute Gasteiger partial charge is 0.416 e. The fourth-order valence-electron chi connectivity index (χ4n) is 2.45. The number of nitrogens with one attached hydrogen (secondary N) is 1. The minimum absolute atomic E-state index is 0.00118. The Labute approximate surface area is 152 Å². The van der Waals surface area contributed by atoms with Crippen LogP contribution in [0.4, 0.5) is 19.0 Å². The lowest BCUT2D eigenvalue weighted by Gasteiger charge is -2.11. The Morgan fingerprint density at radius 1 is 1.33 bits per heavy atom. The highest BCUT2D eigenvalue weighted by Crippen LogP contribution is 2.31. The predicted octanol–water partition coefficient (Wildman–Crippen LogP) is 2.63. The van der Waals surface area contributed by atoms with Gasteiger partial charge in [-0.2, -0.15) is 17.7 Å². The van der Waals surface area contributed by atoms with Crippen LogP contribution in [0.3, 0.4) is 0 Å². The predicted molar refractivity (Wildman–Crippen MR) is 90.6 cm³/mol. The maximum Gasteiger partial charge on any atom is 0.416 e. The first-order chi connectivity index (χ1) is 12.9. The van der Waals surface area contributed by atoms with E-state index in [9.17, 15) is 18.0 Å². The van der Waals surface area contributed by atoms with Gasteiger partial charge < -0.3 is 10.1 Å². The first-order valence-corrected chi connectivity index (χ1v) is 8.01. The molecule has 27 heavy (non-hydrogen) atoms. The van der Waals surface area contributed by atoms with Gasteiger partial charge in [0.25, 0.3) is 0 Å². The standard InChI is InChI=1S/C17H16F3N5O2/c1-27-6-5-22-15-7-12(17(18,19)20)8-16-23-14(24-25(15)16)9-13(26)11-3-2-4-21-10-11/h2-4,7-8,10,22H,5-6,9H2,1H3. The molecule has 0 aliphatic heterocycles. The van der Waals surface area contributed by atoms with Crippen molar-refractivity contribution < 1.29 is 22.7 Å². The molecule has 3 rings (SSSR count). The number of halogens is 3. The van der Waals surface area contributed by atoms with E-state index < -0.39 is 11.7 Å². The fraction of sp³-hybridized carbons (Fsp3) is 0.294. The van der Waals surface area contributed by atoms with Crippen LogP contribution in [0.5, 0.6) is 0 Å². The molecule has 142 valence electrons. The van der Waals surface area contributed by atoms with Gasteiger partial charge in [0, 0.05) is 31.6 Å². The Balaban J connectivity index is 1.94. The SMILES string of the molecule is COCCNc1cc(C(F)(F)F)cc2nc(CC(=O)c3cccnc3)nn12. The molecule has 0 atom stereocenters. The van der Waals surface area contributed by atoms with Crippen molar-refractivity contribution in [2.24, 2.45) is 0 Å². The number of pyridine rings is 2. The minimum Gasteiger partial charge on any atom is -0.383 e. The summed E-state index contributed by atoms with van der Waals surface area (Å²) in [5.74, 6) is -0.0358. The third-order valence-electron chi connectivity index (χ3n) is 3.72. The number of rotatable bonds is 7. The van der Waals surface area contributed by atoms with E-state index in [4.69, 9.17) is 4.74 Å². The monoisotopic (exact) mass is 379 g/mol. The van der Waals surface area contributed by atoms with E-state index in [1.807, 2.05) is 0 Å². The Morgan fingerprint density at radius 3 is 2.81 bits per heavy atom. The zero-order chi connectivity index (χ0) is 19.4. The number of aromatic nitrogens is 4. The summed E-state index contributed by atoms with van der Waals surface area (Å²) in [5.41, 5.74) is -0.475. The number of hydrogen-bond acceptors (Lipinski definition) is 6. The number of methoxy groups -OCH3 is 1. The van der Waals surface area contributed by atoms with Crippen LogP contribution < -0.4 is 5.32 Å². The number of ether oxygens (including phenoxy) is 1. The van der Waals surface area contributed by atoms with Gasteiger partial charge in [-0.25, -0.2) is 4.98 Å². The third-order valence-corrected chi connectivity index (χ3v) is 3.72. The van der Waals surface area contributed by atoms with Crippen molar-refractivity contribution in [2.75, 3.05) is 25.6 Å². The molecule has 3 aromatic rings. The molecular formula is C17H16F3N5O2. The van der Waals surface area contributed by atoms with Gasteiger partial charge in [-0.3, -0.25) is 9.78 Å². The zero-order valence-corrected chi connectivity index (χ0v) is 14.3. The van der Waals surface area contributed by atoms with Gasteiger partial charge in [0.05, 0.1) is 18.6 Å². The highest BCUT2D eigenvalue weighted by molar-refractivity contribution is 5.96. The number of carbonyl (C=O) groups excluding carboxylic acids is 1. The highest BCUT2D eigenvalue weighted by Gasteiger charge is 2.32. The van der Waals surface area contributed by atoms with Gasteiger partial charge in [-0.1, -0.05) is 0 Å². The molecule has 0 aliphatic rings. The Bertz CT molecular complexity index is 941. The van der Waals surface area contributed by atoms with Crippen molar-refractivity contribution >= 4 is 17.2 Å². The average Bonchev–Trinajstić information content (AvgIpc) is 3.04. The summed E-state index contributed by atoms with van der Waals surface area (Å²) in [6.07, 6.45) is -1.72. The van der Waals surface area contributed by atoms with Crippen LogP contribution in [-0.4, -0.2) is 45.6 Å². The molecule has 0 aliphatic carbocycles. The van der Waals surface area contributed by atoms with Crippen LogP contribution in [0, 0.1) is 0 Å². The number of anilines is 1. The molecule has 0 bridgehead atoms. The van der Waals surface area contributed by atoms with Crippen LogP contribution >= 0.6 is 0 Å². The van der Waals surface area contributed by atoms with Crippen molar-refractivity contribution in [1.29, 1.82) is 0 Å². The Hall–Kier alpha value is -3.01. The van der Waals surface area contributed by atoms with Crippen molar-refractivity contribution in [3.8, 4) is 0 Å². The molecule has 10 heteroatoms. The first kappa shape index (κ1) is 18.8. The topological polar surface area (TPSA) is 81.4 Å². The summed E-state index contributed by atoms with van der Waals surface area (Å²) in [6.45, 7) is 0.593. The van der Waals surface area contributed by atoms with E-state index in [0.29, 0.717) is 12.2 Å². The van der Waals surface area contributed by atoms with E-state index in [1.165, 1.54) is 24.0 Å². The maximum atomic E-state index is 13.2. The van der Waals surface area contributed by atoms with Crippen LogP contribution in [0.2, 0.25) is 0 Å². The minimum atomic E-state index is -4.53. The van der Waals surface area contributed by atoms with Gasteiger partial charge in [0.15, 0.2) is 17.3 Å². The molecule has 3 aromatic heterocycles. The smallest absolute Gasteiger partial charge is 0.383 e. The van der Waals surface area contributed by atoms with Gasteiger partial charge in [0.1, 0.15) is 5.82 Å². The lowest BCUT2D eigenvalue weighted by Crippen LogP contribution is -2.14. The molecule has 0 amide bonds. The molecule has 0 aromatic carbocycles. The Kier molecular flexibility index (Phi) is 5.36. The lowest BCUT2D eigenvalue weighted by atomic mass is 10.1. The summed E-state index contributed by atoms with van der Waals surface area (Å²) in [6, 6.07) is 5.07. The van der Waals surface area contributed by atoms with E-state index in [2.05, 4.69) is 20.4 Å². The summed E-state index contributed by atoms with van der Waals surface area (Å²) in [4.78, 5) is 20.2. The molecule has 7 nitrogen and oxygen atoms in total. The van der Waals surface area contributed by atoms with Crippen LogP contribution in [0.25, 0.3) is 5.65 Å². The Morgan fingerprint density at radius 2 is 2.15 bits per heavy atom. The van der Waals surface area contributed by atoms with Crippen LogP contribution in [0.1, 0.15) is 21.7 Å². The molecule has 3 heterocycles. The number of Topliss-reactive ketones (excluding diaryl/α,β-unsaturated/α-hetero) is 1. The van der Waals surface area contributed by atoms with E-state index >= 15 is 0 Å². The molecule has 0 radical (unpaired) electrons. The second kappa shape index (κ2) is 7.70. The number of alkyl halides is 3. The number of fused-ring (bicyclic) bond motifs is 1. The molecule has 1 N–H and O–H groups in total. The molecule has 0 fully saturated rings. The van der Waals surface area contributed by atoms with Crippen molar-refractivity contribution in [3.63, 3.8) is 0 Å².